The number of carbonyl (C=O) groups excluding carboxylic acids is 1. The molecule has 1 saturated carbocycles. The molecule has 0 saturated heterocycles. The van der Waals surface area contributed by atoms with Crippen molar-refractivity contribution in [3.05, 3.63) is 59.7 Å². The fraction of sp³-hybridized carbons (Fsp3) is 0.350. The second-order valence-electron chi connectivity index (χ2n) is 7.18. The van der Waals surface area contributed by atoms with E-state index in [0.29, 0.717) is 17.0 Å². The van der Waals surface area contributed by atoms with Crippen molar-refractivity contribution in [1.82, 2.24) is 19.9 Å². The summed E-state index contributed by atoms with van der Waals surface area (Å²) in [6.45, 7) is 1.39. The summed E-state index contributed by atoms with van der Waals surface area (Å²) in [5.74, 6) is -1.07. The molecule has 0 bridgehead atoms. The lowest BCUT2D eigenvalue weighted by molar-refractivity contribution is 0.0795. The maximum atomic E-state index is 13.0. The molecule has 2 N–H and O–H groups in total. The normalized spacial score (nSPS) is 20.8. The Balaban J connectivity index is 1.57. The highest BCUT2D eigenvalue weighted by Crippen LogP contribution is 2.47. The summed E-state index contributed by atoms with van der Waals surface area (Å²) in [4.78, 5) is 17.0. The molecule has 2 unspecified atom stereocenters. The first-order valence-corrected chi connectivity index (χ1v) is 9.17. The number of hydrogen-bond donors (Lipinski definition) is 2. The van der Waals surface area contributed by atoms with Crippen molar-refractivity contribution in [2.75, 3.05) is 6.61 Å². The highest BCUT2D eigenvalue weighted by Gasteiger charge is 2.59. The number of halogens is 2. The number of nitrogens with zero attached hydrogens (tertiary/aromatic N) is 3. The molecule has 1 aliphatic rings. The van der Waals surface area contributed by atoms with E-state index in [-0.39, 0.29) is 18.6 Å². The Kier molecular flexibility index (Phi) is 4.91. The molecule has 0 radical (unpaired) electrons. The van der Waals surface area contributed by atoms with Crippen LogP contribution < -0.4 is 10.1 Å². The third kappa shape index (κ3) is 3.65. The SMILES string of the molecule is Cc1nn2ccc(OCc3ccccn3)cc2c1C(=O)NC1(CO)CC1C(F)F. The van der Waals surface area contributed by atoms with Crippen LogP contribution in [0.5, 0.6) is 5.75 Å². The third-order valence-electron chi connectivity index (χ3n) is 5.20. The maximum Gasteiger partial charge on any atom is 0.255 e. The summed E-state index contributed by atoms with van der Waals surface area (Å²) in [6.07, 6.45) is 0.780. The first-order valence-electron chi connectivity index (χ1n) is 9.17. The Bertz CT molecular complexity index is 1040. The van der Waals surface area contributed by atoms with Gasteiger partial charge >= 0.3 is 0 Å². The maximum absolute atomic E-state index is 13.0. The van der Waals surface area contributed by atoms with E-state index >= 15 is 0 Å². The van der Waals surface area contributed by atoms with Gasteiger partial charge in [-0.3, -0.25) is 9.78 Å². The summed E-state index contributed by atoms with van der Waals surface area (Å²) in [5.41, 5.74) is 0.680. The van der Waals surface area contributed by atoms with Crippen LogP contribution in [0, 0.1) is 12.8 Å². The molecule has 0 spiro atoms. The van der Waals surface area contributed by atoms with Crippen molar-refractivity contribution >= 4 is 11.4 Å². The molecule has 2 atom stereocenters. The molecule has 3 aromatic heterocycles. The number of hydrogen-bond acceptors (Lipinski definition) is 5. The number of carbonyl (C=O) groups is 1. The zero-order valence-electron chi connectivity index (χ0n) is 15.7. The molecule has 7 nitrogen and oxygen atoms in total. The number of aliphatic hydroxyl groups is 1. The molecular weight excluding hydrogens is 382 g/mol. The largest absolute Gasteiger partial charge is 0.487 e. The van der Waals surface area contributed by atoms with Gasteiger partial charge in [-0.2, -0.15) is 5.10 Å². The summed E-state index contributed by atoms with van der Waals surface area (Å²) in [5, 5.41) is 16.4. The minimum Gasteiger partial charge on any atom is -0.487 e. The lowest BCUT2D eigenvalue weighted by Gasteiger charge is -2.16. The average Bonchev–Trinajstić information content (AvgIpc) is 3.34. The van der Waals surface area contributed by atoms with Crippen LogP contribution in [-0.4, -0.2) is 44.2 Å². The number of pyridine rings is 2. The van der Waals surface area contributed by atoms with Gasteiger partial charge in [0.15, 0.2) is 0 Å². The van der Waals surface area contributed by atoms with E-state index in [2.05, 4.69) is 15.4 Å². The molecule has 1 aliphatic carbocycles. The molecule has 1 amide bonds. The highest BCUT2D eigenvalue weighted by atomic mass is 19.3. The predicted octanol–water partition coefficient (Wildman–Crippen LogP) is 2.36. The van der Waals surface area contributed by atoms with Crippen LogP contribution in [0.4, 0.5) is 8.78 Å². The van der Waals surface area contributed by atoms with Gasteiger partial charge < -0.3 is 15.2 Å². The zero-order valence-corrected chi connectivity index (χ0v) is 15.7. The molecule has 3 aromatic rings. The number of amides is 1. The number of aromatic nitrogens is 3. The highest BCUT2D eigenvalue weighted by molar-refractivity contribution is 6.02. The Morgan fingerprint density at radius 2 is 2.28 bits per heavy atom. The Morgan fingerprint density at radius 3 is 2.93 bits per heavy atom. The van der Waals surface area contributed by atoms with Gasteiger partial charge in [0.2, 0.25) is 6.43 Å². The smallest absolute Gasteiger partial charge is 0.255 e. The van der Waals surface area contributed by atoms with E-state index in [9.17, 15) is 18.7 Å². The second-order valence-corrected chi connectivity index (χ2v) is 7.18. The minimum atomic E-state index is -2.60. The third-order valence-corrected chi connectivity index (χ3v) is 5.20. The van der Waals surface area contributed by atoms with Crippen LogP contribution in [0.2, 0.25) is 0 Å². The predicted molar refractivity (Wildman–Crippen MR) is 99.9 cm³/mol. The second kappa shape index (κ2) is 7.40. The quantitative estimate of drug-likeness (QED) is 0.633. The first-order chi connectivity index (χ1) is 13.9. The van der Waals surface area contributed by atoms with Gasteiger partial charge in [-0.25, -0.2) is 13.3 Å². The molecule has 9 heteroatoms. The molecular formula is C20H20F2N4O3. The molecule has 0 aliphatic heterocycles. The van der Waals surface area contributed by atoms with Gasteiger partial charge in [-0.1, -0.05) is 6.07 Å². The van der Waals surface area contributed by atoms with E-state index in [4.69, 9.17) is 4.74 Å². The molecule has 3 heterocycles. The van der Waals surface area contributed by atoms with Crippen molar-refractivity contribution in [1.29, 1.82) is 0 Å². The number of aliphatic hydroxyl groups excluding tert-OH is 1. The molecule has 0 aromatic carbocycles. The van der Waals surface area contributed by atoms with Crippen molar-refractivity contribution < 1.29 is 23.4 Å². The number of nitrogens with one attached hydrogen (secondary N) is 1. The van der Waals surface area contributed by atoms with E-state index in [1.807, 2.05) is 18.2 Å². The lowest BCUT2D eigenvalue weighted by atomic mass is 10.1. The number of alkyl halides is 2. The minimum absolute atomic E-state index is 0.0452. The topological polar surface area (TPSA) is 88.8 Å². The van der Waals surface area contributed by atoms with Gasteiger partial charge in [0, 0.05) is 24.4 Å². The average molecular weight is 402 g/mol. The monoisotopic (exact) mass is 402 g/mol. The van der Waals surface area contributed by atoms with Crippen LogP contribution in [-0.2, 0) is 6.61 Å². The fourth-order valence-electron chi connectivity index (χ4n) is 3.47. The number of fused-ring (bicyclic) bond motifs is 1. The van der Waals surface area contributed by atoms with Crippen molar-refractivity contribution in [2.45, 2.75) is 31.9 Å². The number of aryl methyl sites for hydroxylation is 1. The number of rotatable bonds is 7. The van der Waals surface area contributed by atoms with E-state index in [1.165, 1.54) is 4.52 Å². The summed E-state index contributed by atoms with van der Waals surface area (Å²) in [6, 6.07) is 8.89. The Hall–Kier alpha value is -3.07. The zero-order chi connectivity index (χ0) is 20.6. The first kappa shape index (κ1) is 19.3. The van der Waals surface area contributed by atoms with E-state index < -0.39 is 30.4 Å². The molecule has 1 fully saturated rings. The lowest BCUT2D eigenvalue weighted by Crippen LogP contribution is -2.42. The van der Waals surface area contributed by atoms with Gasteiger partial charge in [-0.05, 0) is 31.5 Å². The standard InChI is InChI=1S/C20H20F2N4O3/c1-12-17(19(28)24-20(11-27)9-15(20)18(21)22)16-8-14(5-7-26(16)25-12)29-10-13-4-2-3-6-23-13/h2-8,15,18,27H,9-11H2,1H3,(H,24,28). The van der Waals surface area contributed by atoms with Crippen LogP contribution in [0.1, 0.15) is 28.2 Å². The van der Waals surface area contributed by atoms with Crippen molar-refractivity contribution in [3.63, 3.8) is 0 Å². The Labute approximate surface area is 165 Å². The van der Waals surface area contributed by atoms with Crippen molar-refractivity contribution in [3.8, 4) is 5.75 Å². The van der Waals surface area contributed by atoms with Crippen LogP contribution >= 0.6 is 0 Å². The van der Waals surface area contributed by atoms with E-state index in [0.717, 1.165) is 5.69 Å². The number of ether oxygens (including phenoxy) is 1. The summed E-state index contributed by atoms with van der Waals surface area (Å²) in [7, 11) is 0. The van der Waals surface area contributed by atoms with Crippen molar-refractivity contribution in [2.24, 2.45) is 5.92 Å². The van der Waals surface area contributed by atoms with Crippen LogP contribution in [0.25, 0.3) is 5.52 Å². The molecule has 29 heavy (non-hydrogen) atoms. The van der Waals surface area contributed by atoms with Crippen LogP contribution in [0.3, 0.4) is 0 Å². The summed E-state index contributed by atoms with van der Waals surface area (Å²) < 4.78 is 33.3. The van der Waals surface area contributed by atoms with Gasteiger partial charge in [0.05, 0.1) is 34.6 Å². The Morgan fingerprint density at radius 1 is 1.45 bits per heavy atom. The van der Waals surface area contributed by atoms with Gasteiger partial charge in [-0.15, -0.1) is 0 Å². The fourth-order valence-corrected chi connectivity index (χ4v) is 3.47. The van der Waals surface area contributed by atoms with Gasteiger partial charge in [0.25, 0.3) is 5.91 Å². The van der Waals surface area contributed by atoms with E-state index in [1.54, 1.807) is 31.5 Å². The van der Waals surface area contributed by atoms with Crippen LogP contribution in [0.15, 0.2) is 42.7 Å². The molecule has 4 rings (SSSR count). The van der Waals surface area contributed by atoms with Gasteiger partial charge in [0.1, 0.15) is 12.4 Å². The summed E-state index contributed by atoms with van der Waals surface area (Å²) >= 11 is 0. The molecule has 152 valence electrons.